The number of hydrogen-bond acceptors (Lipinski definition) is 7. The third kappa shape index (κ3) is 9.47. The molecule has 1 aromatic heterocycles. The van der Waals surface area contributed by atoms with Gasteiger partial charge < -0.3 is 30.7 Å². The number of carbonyl (C=O) groups is 4. The minimum Gasteiger partial charge on any atom is -0.475 e. The van der Waals surface area contributed by atoms with Crippen LogP contribution in [0.15, 0.2) is 91.0 Å². The Morgan fingerprint density at radius 3 is 2.10 bits per heavy atom. The lowest BCUT2D eigenvalue weighted by molar-refractivity contribution is -0.192. The first-order valence-corrected chi connectivity index (χ1v) is 15.7. The number of rotatable bonds is 11. The number of aliphatic carboxylic acids is 1. The number of imidazole rings is 1. The van der Waals surface area contributed by atoms with E-state index >= 15 is 0 Å². The van der Waals surface area contributed by atoms with Crippen LogP contribution in [0.25, 0.3) is 16.9 Å². The fraction of sp³-hybridized carbons (Fsp3) is 0.286. The van der Waals surface area contributed by atoms with Crippen molar-refractivity contribution in [1.29, 1.82) is 0 Å². The summed E-state index contributed by atoms with van der Waals surface area (Å²) in [5.41, 5.74) is 8.58. The van der Waals surface area contributed by atoms with Crippen LogP contribution < -0.4 is 20.7 Å². The number of ether oxygens (including phenoxy) is 1. The number of para-hydroxylation sites is 2. The van der Waals surface area contributed by atoms with Crippen LogP contribution in [0.5, 0.6) is 6.01 Å². The van der Waals surface area contributed by atoms with Crippen LogP contribution in [0.3, 0.4) is 0 Å². The number of aromatic nitrogens is 2. The minimum atomic E-state index is -5.08. The molecule has 1 aliphatic rings. The lowest BCUT2D eigenvalue weighted by atomic mass is 10.1. The fourth-order valence-electron chi connectivity index (χ4n) is 5.32. The van der Waals surface area contributed by atoms with Gasteiger partial charge in [-0.1, -0.05) is 66.7 Å². The molecule has 15 heteroatoms. The summed E-state index contributed by atoms with van der Waals surface area (Å²) in [6.07, 6.45) is -5.15. The van der Waals surface area contributed by atoms with Gasteiger partial charge in [-0.3, -0.25) is 19.0 Å². The van der Waals surface area contributed by atoms with Gasteiger partial charge in [-0.2, -0.15) is 18.2 Å². The molecule has 2 heterocycles. The number of alkyl halides is 3. The van der Waals surface area contributed by atoms with E-state index in [1.807, 2.05) is 102 Å². The van der Waals surface area contributed by atoms with Crippen LogP contribution in [0, 0.1) is 0 Å². The molecule has 3 aromatic carbocycles. The van der Waals surface area contributed by atoms with Crippen molar-refractivity contribution in [2.45, 2.75) is 32.0 Å². The molecule has 5 rings (SSSR count). The van der Waals surface area contributed by atoms with E-state index in [-0.39, 0.29) is 42.9 Å². The number of benzene rings is 3. The van der Waals surface area contributed by atoms with E-state index in [2.05, 4.69) is 5.32 Å². The highest BCUT2D eigenvalue weighted by molar-refractivity contribution is 6.00. The van der Waals surface area contributed by atoms with Crippen LogP contribution >= 0.6 is 0 Å². The first-order valence-electron chi connectivity index (χ1n) is 15.7. The van der Waals surface area contributed by atoms with Gasteiger partial charge in [0.05, 0.1) is 24.0 Å². The number of hydrogen-bond donors (Lipinski definition) is 3. The van der Waals surface area contributed by atoms with E-state index in [9.17, 15) is 27.6 Å². The average molecular weight is 695 g/mol. The lowest BCUT2D eigenvalue weighted by Gasteiger charge is -2.39. The van der Waals surface area contributed by atoms with Gasteiger partial charge in [0, 0.05) is 50.3 Å². The zero-order chi connectivity index (χ0) is 36.3. The number of anilines is 1. The average Bonchev–Trinajstić information content (AvgIpc) is 3.49. The smallest absolute Gasteiger partial charge is 0.475 e. The molecule has 0 saturated carbocycles. The number of nitrogens with zero attached hydrogens (tertiary/aromatic N) is 4. The molecular formula is C35H37F3N6O6. The van der Waals surface area contributed by atoms with E-state index in [1.54, 1.807) is 9.80 Å². The molecule has 0 spiro atoms. The summed E-state index contributed by atoms with van der Waals surface area (Å²) in [5, 5.41) is 10.5. The van der Waals surface area contributed by atoms with Crippen LogP contribution in [-0.4, -0.2) is 88.3 Å². The van der Waals surface area contributed by atoms with Gasteiger partial charge >= 0.3 is 18.2 Å². The third-order valence-electron chi connectivity index (χ3n) is 7.59. The maximum atomic E-state index is 14.5. The summed E-state index contributed by atoms with van der Waals surface area (Å²) in [7, 11) is 0. The Bertz CT molecular complexity index is 1750. The largest absolute Gasteiger partial charge is 0.490 e. The van der Waals surface area contributed by atoms with Crippen molar-refractivity contribution in [2.75, 3.05) is 37.7 Å². The highest BCUT2D eigenvalue weighted by atomic mass is 19.4. The molecule has 50 heavy (non-hydrogen) atoms. The van der Waals surface area contributed by atoms with E-state index in [0.717, 1.165) is 11.3 Å². The highest BCUT2D eigenvalue weighted by Crippen LogP contribution is 2.34. The van der Waals surface area contributed by atoms with Crippen LogP contribution in [0.4, 0.5) is 18.9 Å². The van der Waals surface area contributed by atoms with E-state index in [0.29, 0.717) is 43.6 Å². The Balaban J connectivity index is 0.000000727. The first-order chi connectivity index (χ1) is 23.9. The summed E-state index contributed by atoms with van der Waals surface area (Å²) < 4.78 is 39.6. The van der Waals surface area contributed by atoms with Gasteiger partial charge in [0.15, 0.2) is 5.69 Å². The SMILES string of the molecule is CCOc1nc(C(=O)N2CCNC[C@H]2CN(C(=O)CCC(N)=O)c2ccccc2)c(-c2ccccc2)n1-c1ccccc1.O=C(O)C(F)(F)F. The summed E-state index contributed by atoms with van der Waals surface area (Å²) in [4.78, 5) is 56.4. The number of primary amides is 1. The van der Waals surface area contributed by atoms with E-state index in [4.69, 9.17) is 25.4 Å². The summed E-state index contributed by atoms with van der Waals surface area (Å²) in [6.45, 7) is 4.00. The molecule has 12 nitrogen and oxygen atoms in total. The Kier molecular flexibility index (Phi) is 12.7. The number of piperazine rings is 1. The van der Waals surface area contributed by atoms with Crippen LogP contribution in [-0.2, 0) is 14.4 Å². The van der Waals surface area contributed by atoms with Gasteiger partial charge in [-0.15, -0.1) is 0 Å². The van der Waals surface area contributed by atoms with E-state index in [1.165, 1.54) is 0 Å². The van der Waals surface area contributed by atoms with Crippen LogP contribution in [0.1, 0.15) is 30.3 Å². The maximum absolute atomic E-state index is 14.5. The van der Waals surface area contributed by atoms with Gasteiger partial charge in [0.1, 0.15) is 0 Å². The molecule has 1 atom stereocenters. The van der Waals surface area contributed by atoms with Crippen molar-refractivity contribution in [2.24, 2.45) is 5.73 Å². The number of nitrogens with one attached hydrogen (secondary N) is 1. The lowest BCUT2D eigenvalue weighted by Crippen LogP contribution is -2.58. The second-order valence-electron chi connectivity index (χ2n) is 11.0. The van der Waals surface area contributed by atoms with Gasteiger partial charge in [0.2, 0.25) is 11.8 Å². The molecule has 0 radical (unpaired) electrons. The zero-order valence-corrected chi connectivity index (χ0v) is 27.2. The second kappa shape index (κ2) is 17.1. The first kappa shape index (κ1) is 37.1. The van der Waals surface area contributed by atoms with Crippen molar-refractivity contribution in [3.8, 4) is 23.0 Å². The molecule has 1 saturated heterocycles. The number of amides is 3. The number of nitrogens with two attached hydrogens (primary N) is 1. The Morgan fingerprint density at radius 2 is 1.54 bits per heavy atom. The number of halogens is 3. The van der Waals surface area contributed by atoms with E-state index < -0.39 is 18.1 Å². The molecule has 264 valence electrons. The molecule has 1 fully saturated rings. The van der Waals surface area contributed by atoms with Gasteiger partial charge in [0.25, 0.3) is 5.91 Å². The Hall–Kier alpha value is -5.70. The van der Waals surface area contributed by atoms with Crippen LogP contribution in [0.2, 0.25) is 0 Å². The van der Waals surface area contributed by atoms with Gasteiger partial charge in [-0.25, -0.2) is 4.79 Å². The molecule has 0 unspecified atom stereocenters. The van der Waals surface area contributed by atoms with Crippen molar-refractivity contribution in [3.05, 3.63) is 96.7 Å². The van der Waals surface area contributed by atoms with Gasteiger partial charge in [-0.05, 0) is 31.2 Å². The minimum absolute atomic E-state index is 0.0182. The number of carboxylic acids is 1. The summed E-state index contributed by atoms with van der Waals surface area (Å²) >= 11 is 0. The Morgan fingerprint density at radius 1 is 0.960 bits per heavy atom. The number of carboxylic acid groups (broad SMARTS) is 1. The maximum Gasteiger partial charge on any atom is 0.490 e. The highest BCUT2D eigenvalue weighted by Gasteiger charge is 2.38. The molecule has 0 bridgehead atoms. The topological polar surface area (TPSA) is 160 Å². The fourth-order valence-corrected chi connectivity index (χ4v) is 5.32. The second-order valence-corrected chi connectivity index (χ2v) is 11.0. The summed E-state index contributed by atoms with van der Waals surface area (Å²) in [5.74, 6) is -3.78. The van der Waals surface area contributed by atoms with Crippen molar-refractivity contribution >= 4 is 29.4 Å². The molecule has 0 aliphatic carbocycles. The zero-order valence-electron chi connectivity index (χ0n) is 27.2. The van der Waals surface area contributed by atoms with Crippen molar-refractivity contribution < 1.29 is 42.2 Å². The monoisotopic (exact) mass is 694 g/mol. The standard InChI is InChI=1S/C33H36N6O4.C2HF3O2/c1-2-43-33-36-30(31(24-12-6-3-7-13-24)39(33)26-16-10-5-11-17-26)32(42)37-21-20-35-22-27(37)23-38(25-14-8-4-9-15-25)29(41)19-18-28(34)40;3-2(4,5)1(6)7/h3-17,27,35H,2,18-23H2,1H3,(H2,34,40);(H,6,7)/t27-;/m0./s1. The normalized spacial score (nSPS) is 14.2. The molecule has 4 aromatic rings. The van der Waals surface area contributed by atoms with Crippen molar-refractivity contribution in [3.63, 3.8) is 0 Å². The molecule has 4 N–H and O–H groups in total. The number of carbonyl (C=O) groups excluding carboxylic acids is 3. The summed E-state index contributed by atoms with van der Waals surface area (Å²) in [6, 6.07) is 28.6. The van der Waals surface area contributed by atoms with Crippen molar-refractivity contribution in [1.82, 2.24) is 19.8 Å². The predicted molar refractivity (Wildman–Crippen MR) is 179 cm³/mol. The molecular weight excluding hydrogens is 657 g/mol. The molecule has 1 aliphatic heterocycles. The Labute approximate surface area is 286 Å². The predicted octanol–water partition coefficient (Wildman–Crippen LogP) is 4.28. The molecule has 3 amide bonds. The quantitative estimate of drug-likeness (QED) is 0.210. The third-order valence-corrected chi connectivity index (χ3v) is 7.59.